The average molecular weight is 415 g/mol. The molecule has 1 aliphatic heterocycles. The SMILES string of the molecule is CCCC[C@@H](CC)C(=O)N1CCN(c2nc(C3CC3)nc3sc(C)c(C)c23)CC1. The van der Waals surface area contributed by atoms with E-state index in [9.17, 15) is 4.79 Å². The number of unbranched alkanes of at least 4 members (excludes halogenated alkanes) is 1. The number of nitrogens with zero attached hydrogens (tertiary/aromatic N) is 4. The van der Waals surface area contributed by atoms with Gasteiger partial charge in [-0.3, -0.25) is 4.79 Å². The van der Waals surface area contributed by atoms with Crippen LogP contribution < -0.4 is 4.90 Å². The summed E-state index contributed by atoms with van der Waals surface area (Å²) in [6.07, 6.45) is 6.70. The number of rotatable bonds is 7. The highest BCUT2D eigenvalue weighted by atomic mass is 32.1. The van der Waals surface area contributed by atoms with E-state index in [0.29, 0.717) is 11.8 Å². The van der Waals surface area contributed by atoms with Crippen molar-refractivity contribution < 1.29 is 4.79 Å². The lowest BCUT2D eigenvalue weighted by atomic mass is 9.97. The Morgan fingerprint density at radius 3 is 2.48 bits per heavy atom. The lowest BCUT2D eigenvalue weighted by Gasteiger charge is -2.37. The van der Waals surface area contributed by atoms with Crippen molar-refractivity contribution in [1.29, 1.82) is 0 Å². The molecule has 1 aliphatic carbocycles. The molecule has 2 fully saturated rings. The average Bonchev–Trinajstić information content (AvgIpc) is 3.54. The number of piperazine rings is 1. The highest BCUT2D eigenvalue weighted by Gasteiger charge is 2.31. The highest BCUT2D eigenvalue weighted by Crippen LogP contribution is 2.42. The number of anilines is 1. The molecule has 2 aromatic heterocycles. The van der Waals surface area contributed by atoms with Crippen LogP contribution in [0, 0.1) is 19.8 Å². The van der Waals surface area contributed by atoms with E-state index in [2.05, 4.69) is 37.5 Å². The monoisotopic (exact) mass is 414 g/mol. The van der Waals surface area contributed by atoms with Gasteiger partial charge < -0.3 is 9.80 Å². The molecule has 1 atom stereocenters. The van der Waals surface area contributed by atoms with E-state index in [1.54, 1.807) is 11.3 Å². The summed E-state index contributed by atoms with van der Waals surface area (Å²) in [7, 11) is 0. The van der Waals surface area contributed by atoms with Crippen LogP contribution >= 0.6 is 11.3 Å². The van der Waals surface area contributed by atoms with Crippen molar-refractivity contribution in [3.8, 4) is 0 Å². The van der Waals surface area contributed by atoms with Gasteiger partial charge in [0.1, 0.15) is 16.5 Å². The Balaban J connectivity index is 1.52. The van der Waals surface area contributed by atoms with Gasteiger partial charge in [-0.1, -0.05) is 26.7 Å². The molecule has 29 heavy (non-hydrogen) atoms. The van der Waals surface area contributed by atoms with Gasteiger partial charge in [-0.15, -0.1) is 11.3 Å². The third-order valence-electron chi connectivity index (χ3n) is 6.61. The first-order valence-corrected chi connectivity index (χ1v) is 12.2. The summed E-state index contributed by atoms with van der Waals surface area (Å²) in [5, 5.41) is 1.23. The minimum absolute atomic E-state index is 0.190. The highest BCUT2D eigenvalue weighted by molar-refractivity contribution is 7.18. The molecule has 0 bridgehead atoms. The molecular formula is C23H34N4OS. The summed E-state index contributed by atoms with van der Waals surface area (Å²) in [6.45, 7) is 12.0. The predicted molar refractivity (Wildman–Crippen MR) is 121 cm³/mol. The van der Waals surface area contributed by atoms with Crippen LogP contribution in [0.4, 0.5) is 5.82 Å². The molecular weight excluding hydrogens is 380 g/mol. The van der Waals surface area contributed by atoms with Crippen molar-refractivity contribution in [2.75, 3.05) is 31.1 Å². The topological polar surface area (TPSA) is 49.3 Å². The molecule has 0 radical (unpaired) electrons. The summed E-state index contributed by atoms with van der Waals surface area (Å²) in [5.74, 6) is 3.22. The first-order chi connectivity index (χ1) is 14.0. The number of aryl methyl sites for hydroxylation is 2. The van der Waals surface area contributed by atoms with Crippen LogP contribution in [0.3, 0.4) is 0 Å². The van der Waals surface area contributed by atoms with E-state index >= 15 is 0 Å². The second-order valence-electron chi connectivity index (χ2n) is 8.70. The molecule has 5 nitrogen and oxygen atoms in total. The third kappa shape index (κ3) is 4.14. The van der Waals surface area contributed by atoms with E-state index in [-0.39, 0.29) is 5.92 Å². The summed E-state index contributed by atoms with van der Waals surface area (Å²) in [6, 6.07) is 0. The summed E-state index contributed by atoms with van der Waals surface area (Å²) < 4.78 is 0. The van der Waals surface area contributed by atoms with Crippen LogP contribution in [0.1, 0.15) is 74.6 Å². The van der Waals surface area contributed by atoms with Crippen LogP contribution in [-0.4, -0.2) is 47.0 Å². The standard InChI is InChI=1S/C23H34N4OS/c1-5-7-8-17(6-2)23(28)27-13-11-26(12-14-27)21-19-15(3)16(4)29-22(19)25-20(24-21)18-9-10-18/h17-18H,5-14H2,1-4H3/t17-/m1/s1. The van der Waals surface area contributed by atoms with Gasteiger partial charge in [-0.25, -0.2) is 9.97 Å². The quantitative estimate of drug-likeness (QED) is 0.636. The minimum Gasteiger partial charge on any atom is -0.352 e. The van der Waals surface area contributed by atoms with Gasteiger partial charge in [0.25, 0.3) is 0 Å². The maximum atomic E-state index is 13.0. The van der Waals surface area contributed by atoms with Crippen LogP contribution in [0.25, 0.3) is 10.2 Å². The molecule has 2 aromatic rings. The van der Waals surface area contributed by atoms with Gasteiger partial charge in [0.2, 0.25) is 5.91 Å². The lowest BCUT2D eigenvalue weighted by Crippen LogP contribution is -2.50. The summed E-state index contributed by atoms with van der Waals surface area (Å²) in [5.41, 5.74) is 1.31. The number of hydrogen-bond acceptors (Lipinski definition) is 5. The van der Waals surface area contributed by atoms with Crippen LogP contribution in [0.5, 0.6) is 0 Å². The smallest absolute Gasteiger partial charge is 0.225 e. The van der Waals surface area contributed by atoms with Gasteiger partial charge in [0, 0.05) is 42.9 Å². The molecule has 3 heterocycles. The van der Waals surface area contributed by atoms with Gasteiger partial charge in [0.05, 0.1) is 5.39 Å². The zero-order valence-electron chi connectivity index (χ0n) is 18.3. The first kappa shape index (κ1) is 20.6. The molecule has 0 spiro atoms. The van der Waals surface area contributed by atoms with Gasteiger partial charge >= 0.3 is 0 Å². The zero-order valence-corrected chi connectivity index (χ0v) is 19.1. The van der Waals surface area contributed by atoms with Crippen LogP contribution in [0.15, 0.2) is 0 Å². The Bertz CT molecular complexity index is 881. The first-order valence-electron chi connectivity index (χ1n) is 11.3. The molecule has 1 amide bonds. The normalized spacial score (nSPS) is 18.5. The molecule has 1 saturated heterocycles. The van der Waals surface area contributed by atoms with E-state index < -0.39 is 0 Å². The Kier molecular flexibility index (Phi) is 6.09. The van der Waals surface area contributed by atoms with Crippen LogP contribution in [0.2, 0.25) is 0 Å². The van der Waals surface area contributed by atoms with Gasteiger partial charge in [-0.05, 0) is 45.1 Å². The van der Waals surface area contributed by atoms with Gasteiger partial charge in [-0.2, -0.15) is 0 Å². The Hall–Kier alpha value is -1.69. The van der Waals surface area contributed by atoms with E-state index in [1.807, 2.05) is 0 Å². The van der Waals surface area contributed by atoms with Crippen molar-refractivity contribution in [2.24, 2.45) is 5.92 Å². The van der Waals surface area contributed by atoms with Crippen molar-refractivity contribution in [3.63, 3.8) is 0 Å². The van der Waals surface area contributed by atoms with E-state index in [1.165, 1.54) is 28.7 Å². The number of aromatic nitrogens is 2. The lowest BCUT2D eigenvalue weighted by molar-refractivity contribution is -0.136. The zero-order chi connectivity index (χ0) is 20.5. The molecule has 158 valence electrons. The maximum Gasteiger partial charge on any atom is 0.225 e. The largest absolute Gasteiger partial charge is 0.352 e. The van der Waals surface area contributed by atoms with Crippen molar-refractivity contribution in [1.82, 2.24) is 14.9 Å². The number of fused-ring (bicyclic) bond motifs is 1. The molecule has 0 unspecified atom stereocenters. The molecule has 4 rings (SSSR count). The molecule has 0 aromatic carbocycles. The third-order valence-corrected chi connectivity index (χ3v) is 7.71. The number of thiophene rings is 1. The number of amides is 1. The molecule has 6 heteroatoms. The van der Waals surface area contributed by atoms with Crippen molar-refractivity contribution in [3.05, 3.63) is 16.3 Å². The Labute approximate surface area is 178 Å². The summed E-state index contributed by atoms with van der Waals surface area (Å²) in [4.78, 5) is 29.9. The number of carbonyl (C=O) groups excluding carboxylic acids is 1. The van der Waals surface area contributed by atoms with Crippen LogP contribution in [-0.2, 0) is 4.79 Å². The minimum atomic E-state index is 0.190. The fraction of sp³-hybridized carbons (Fsp3) is 0.696. The second kappa shape index (κ2) is 8.58. The fourth-order valence-corrected chi connectivity index (χ4v) is 5.38. The number of hydrogen-bond donors (Lipinski definition) is 0. The molecule has 2 aliphatic rings. The number of carbonyl (C=O) groups is 1. The van der Waals surface area contributed by atoms with E-state index in [0.717, 1.165) is 68.3 Å². The predicted octanol–water partition coefficient (Wildman–Crippen LogP) is 5.05. The Morgan fingerprint density at radius 2 is 1.86 bits per heavy atom. The van der Waals surface area contributed by atoms with Crippen molar-refractivity contribution >= 4 is 33.3 Å². The maximum absolute atomic E-state index is 13.0. The van der Waals surface area contributed by atoms with Gasteiger partial charge in [0.15, 0.2) is 0 Å². The molecule has 0 N–H and O–H groups in total. The van der Waals surface area contributed by atoms with Crippen molar-refractivity contribution in [2.45, 2.75) is 72.1 Å². The Morgan fingerprint density at radius 1 is 1.14 bits per heavy atom. The van der Waals surface area contributed by atoms with E-state index in [4.69, 9.17) is 9.97 Å². The fourth-order valence-electron chi connectivity index (χ4n) is 4.35. The molecule has 1 saturated carbocycles. The summed E-state index contributed by atoms with van der Waals surface area (Å²) >= 11 is 1.79. The second-order valence-corrected chi connectivity index (χ2v) is 9.91.